The summed E-state index contributed by atoms with van der Waals surface area (Å²) < 4.78 is 16.3. The predicted octanol–water partition coefficient (Wildman–Crippen LogP) is 3.01. The van der Waals surface area contributed by atoms with Gasteiger partial charge >= 0.3 is 0 Å². The number of nitrogens with zero attached hydrogens (tertiary/aromatic N) is 1. The number of thioether (sulfide) groups is 1. The molecule has 1 amide bonds. The summed E-state index contributed by atoms with van der Waals surface area (Å²) in [5.41, 5.74) is 0.675. The van der Waals surface area contributed by atoms with E-state index in [1.165, 1.54) is 0 Å². The van der Waals surface area contributed by atoms with Crippen molar-refractivity contribution in [3.63, 3.8) is 0 Å². The lowest BCUT2D eigenvalue weighted by Gasteiger charge is -2.17. The average molecular weight is 333 g/mol. The van der Waals surface area contributed by atoms with E-state index in [4.69, 9.17) is 14.2 Å². The molecule has 1 aliphatic rings. The zero-order valence-electron chi connectivity index (χ0n) is 13.4. The number of hydrogen-bond donors (Lipinski definition) is 0. The van der Waals surface area contributed by atoms with Crippen LogP contribution in [0, 0.1) is 0 Å². The van der Waals surface area contributed by atoms with E-state index in [0.717, 1.165) is 28.9 Å². The van der Waals surface area contributed by atoms with Crippen molar-refractivity contribution in [1.29, 1.82) is 0 Å². The number of benzene rings is 2. The second-order valence-electron chi connectivity index (χ2n) is 5.19. The number of methoxy groups -OCH3 is 3. The first-order valence-corrected chi connectivity index (χ1v) is 8.44. The van der Waals surface area contributed by atoms with Crippen LogP contribution in [0.15, 0.2) is 24.3 Å². The summed E-state index contributed by atoms with van der Waals surface area (Å²) in [7, 11) is 4.76. The maximum atomic E-state index is 12.5. The Kier molecular flexibility index (Phi) is 4.52. The first-order valence-electron chi connectivity index (χ1n) is 7.29. The molecule has 6 heteroatoms. The van der Waals surface area contributed by atoms with Crippen molar-refractivity contribution < 1.29 is 19.0 Å². The molecule has 0 aliphatic carbocycles. The lowest BCUT2D eigenvalue weighted by atomic mass is 10.0. The summed E-state index contributed by atoms with van der Waals surface area (Å²) in [6.07, 6.45) is 0. The van der Waals surface area contributed by atoms with Crippen molar-refractivity contribution in [2.45, 2.75) is 0 Å². The molecule has 0 atom stereocenters. The summed E-state index contributed by atoms with van der Waals surface area (Å²) in [4.78, 5) is 14.4. The molecule has 2 aromatic carbocycles. The van der Waals surface area contributed by atoms with Gasteiger partial charge in [-0.15, -0.1) is 11.8 Å². The Labute approximate surface area is 139 Å². The summed E-state index contributed by atoms with van der Waals surface area (Å²) in [5.74, 6) is 3.56. The van der Waals surface area contributed by atoms with Crippen molar-refractivity contribution in [2.75, 3.05) is 39.5 Å². The molecule has 122 valence electrons. The highest BCUT2D eigenvalue weighted by Crippen LogP contribution is 2.43. The van der Waals surface area contributed by atoms with Gasteiger partial charge in [-0.05, 0) is 29.7 Å². The van der Waals surface area contributed by atoms with Crippen LogP contribution < -0.4 is 14.2 Å². The van der Waals surface area contributed by atoms with Gasteiger partial charge in [0.15, 0.2) is 11.5 Å². The Morgan fingerprint density at radius 1 is 1.09 bits per heavy atom. The molecule has 0 spiro atoms. The molecule has 1 aliphatic heterocycles. The Morgan fingerprint density at radius 2 is 1.87 bits per heavy atom. The van der Waals surface area contributed by atoms with E-state index in [-0.39, 0.29) is 5.91 Å². The second-order valence-corrected chi connectivity index (χ2v) is 6.26. The molecule has 0 N–H and O–H groups in total. The smallest absolute Gasteiger partial charge is 0.254 e. The van der Waals surface area contributed by atoms with Crippen LogP contribution in [0.1, 0.15) is 10.4 Å². The van der Waals surface area contributed by atoms with Gasteiger partial charge in [-0.25, -0.2) is 0 Å². The quantitative estimate of drug-likeness (QED) is 0.861. The lowest BCUT2D eigenvalue weighted by molar-refractivity contribution is 0.0803. The molecule has 1 heterocycles. The Morgan fingerprint density at radius 3 is 2.48 bits per heavy atom. The molecule has 0 aromatic heterocycles. The molecule has 0 radical (unpaired) electrons. The van der Waals surface area contributed by atoms with Gasteiger partial charge in [0.05, 0.1) is 27.2 Å². The van der Waals surface area contributed by atoms with Crippen LogP contribution in [0.25, 0.3) is 10.8 Å². The zero-order valence-corrected chi connectivity index (χ0v) is 14.2. The van der Waals surface area contributed by atoms with Crippen LogP contribution in [-0.2, 0) is 0 Å². The lowest BCUT2D eigenvalue weighted by Crippen LogP contribution is -2.27. The van der Waals surface area contributed by atoms with Crippen molar-refractivity contribution in [2.24, 2.45) is 0 Å². The molecule has 5 nitrogen and oxygen atoms in total. The van der Waals surface area contributed by atoms with Gasteiger partial charge in [-0.3, -0.25) is 4.79 Å². The number of carbonyl (C=O) groups excluding carboxylic acids is 1. The molecule has 23 heavy (non-hydrogen) atoms. The van der Waals surface area contributed by atoms with E-state index in [1.807, 2.05) is 29.2 Å². The van der Waals surface area contributed by atoms with E-state index >= 15 is 0 Å². The fourth-order valence-corrected chi connectivity index (χ4v) is 3.71. The minimum Gasteiger partial charge on any atom is -0.493 e. The number of fused-ring (bicyclic) bond motifs is 1. The van der Waals surface area contributed by atoms with Crippen molar-refractivity contribution >= 4 is 28.4 Å². The number of rotatable bonds is 4. The van der Waals surface area contributed by atoms with E-state index in [1.54, 1.807) is 33.1 Å². The first kappa shape index (κ1) is 15.8. The molecule has 2 aromatic rings. The summed E-state index contributed by atoms with van der Waals surface area (Å²) >= 11 is 1.77. The predicted molar refractivity (Wildman–Crippen MR) is 92.0 cm³/mol. The monoisotopic (exact) mass is 333 g/mol. The molecule has 0 saturated carbocycles. The SMILES string of the molecule is COc1cc2cc(C(=O)N3CCSC3)ccc2c(OC)c1OC. The normalized spacial score (nSPS) is 14.1. The minimum atomic E-state index is 0.0608. The Bertz CT molecular complexity index is 741. The number of ether oxygens (including phenoxy) is 3. The molecule has 3 rings (SSSR count). The van der Waals surface area contributed by atoms with E-state index in [0.29, 0.717) is 22.8 Å². The first-order chi connectivity index (χ1) is 11.2. The highest BCUT2D eigenvalue weighted by atomic mass is 32.2. The van der Waals surface area contributed by atoms with Crippen LogP contribution in [0.3, 0.4) is 0 Å². The van der Waals surface area contributed by atoms with E-state index < -0.39 is 0 Å². The highest BCUT2D eigenvalue weighted by Gasteiger charge is 2.21. The van der Waals surface area contributed by atoms with Gasteiger partial charge in [0.1, 0.15) is 0 Å². The third-order valence-electron chi connectivity index (χ3n) is 3.93. The fraction of sp³-hybridized carbons (Fsp3) is 0.353. The Balaban J connectivity index is 2.10. The third-order valence-corrected chi connectivity index (χ3v) is 4.89. The van der Waals surface area contributed by atoms with Gasteiger partial charge in [0, 0.05) is 23.2 Å². The van der Waals surface area contributed by atoms with Gasteiger partial charge in [0.25, 0.3) is 5.91 Å². The number of carbonyl (C=O) groups is 1. The largest absolute Gasteiger partial charge is 0.493 e. The summed E-state index contributed by atoms with van der Waals surface area (Å²) in [6.45, 7) is 0.802. The van der Waals surface area contributed by atoms with Gasteiger partial charge in [-0.2, -0.15) is 0 Å². The molecule has 1 fully saturated rings. The Hall–Kier alpha value is -2.08. The summed E-state index contributed by atoms with van der Waals surface area (Å²) in [6, 6.07) is 7.48. The van der Waals surface area contributed by atoms with Crippen LogP contribution in [-0.4, -0.2) is 50.3 Å². The van der Waals surface area contributed by atoms with Gasteiger partial charge in [0.2, 0.25) is 5.75 Å². The van der Waals surface area contributed by atoms with E-state index in [9.17, 15) is 4.79 Å². The molecule has 0 bridgehead atoms. The van der Waals surface area contributed by atoms with Crippen molar-refractivity contribution in [3.8, 4) is 17.2 Å². The average Bonchev–Trinajstić information content (AvgIpc) is 3.13. The van der Waals surface area contributed by atoms with Gasteiger partial charge in [-0.1, -0.05) is 0 Å². The zero-order chi connectivity index (χ0) is 16.4. The van der Waals surface area contributed by atoms with Crippen LogP contribution in [0.4, 0.5) is 0 Å². The number of hydrogen-bond acceptors (Lipinski definition) is 5. The topological polar surface area (TPSA) is 48.0 Å². The van der Waals surface area contributed by atoms with Crippen LogP contribution >= 0.6 is 11.8 Å². The standard InChI is InChI=1S/C17H19NO4S/c1-20-14-9-12-8-11(17(19)18-6-7-23-10-18)4-5-13(12)15(21-2)16(14)22-3/h4-5,8-9H,6-7,10H2,1-3H3. The van der Waals surface area contributed by atoms with Crippen molar-refractivity contribution in [1.82, 2.24) is 4.90 Å². The maximum absolute atomic E-state index is 12.5. The summed E-state index contributed by atoms with van der Waals surface area (Å²) in [5, 5.41) is 1.77. The molecular formula is C17H19NO4S. The van der Waals surface area contributed by atoms with Crippen molar-refractivity contribution in [3.05, 3.63) is 29.8 Å². The number of amides is 1. The molecule has 1 saturated heterocycles. The third kappa shape index (κ3) is 2.79. The highest BCUT2D eigenvalue weighted by molar-refractivity contribution is 7.99. The molecule has 0 unspecified atom stereocenters. The van der Waals surface area contributed by atoms with Crippen LogP contribution in [0.5, 0.6) is 17.2 Å². The van der Waals surface area contributed by atoms with Gasteiger partial charge < -0.3 is 19.1 Å². The minimum absolute atomic E-state index is 0.0608. The maximum Gasteiger partial charge on any atom is 0.254 e. The second kappa shape index (κ2) is 6.58. The molecular weight excluding hydrogens is 314 g/mol. The van der Waals surface area contributed by atoms with E-state index in [2.05, 4.69) is 0 Å². The van der Waals surface area contributed by atoms with Crippen LogP contribution in [0.2, 0.25) is 0 Å². The fourth-order valence-electron chi connectivity index (χ4n) is 2.77.